The minimum Gasteiger partial charge on any atom is -0.352 e. The highest BCUT2D eigenvalue weighted by molar-refractivity contribution is 5.01. The second-order valence-electron chi connectivity index (χ2n) is 8.08. The Balaban J connectivity index is 1.64. The van der Waals surface area contributed by atoms with Crippen LogP contribution in [0.1, 0.15) is 90.9 Å². The van der Waals surface area contributed by atoms with Crippen LogP contribution >= 0.6 is 0 Å². The van der Waals surface area contributed by atoms with E-state index >= 15 is 0 Å². The van der Waals surface area contributed by atoms with E-state index in [0.717, 1.165) is 51.7 Å². The molecule has 1 saturated heterocycles. The fraction of sp³-hybridized carbons (Fsp3) is 0.952. The Kier molecular flexibility index (Phi) is 8.56. The molecular weight excluding hydrogens is 298 g/mol. The second-order valence-corrected chi connectivity index (χ2v) is 8.08. The SMILES string of the molecule is CCCCCCCC1COC([C@H]2CC[C@](C#N)(CCC)CC2)OC1. The van der Waals surface area contributed by atoms with Gasteiger partial charge in [0.25, 0.3) is 0 Å². The molecule has 0 aromatic rings. The number of nitrogens with zero attached hydrogens (tertiary/aromatic N) is 1. The van der Waals surface area contributed by atoms with E-state index in [9.17, 15) is 5.26 Å². The van der Waals surface area contributed by atoms with Crippen molar-refractivity contribution in [3.63, 3.8) is 0 Å². The molecule has 1 saturated carbocycles. The third-order valence-corrected chi connectivity index (χ3v) is 6.05. The molecule has 3 nitrogen and oxygen atoms in total. The average Bonchev–Trinajstić information content (AvgIpc) is 2.63. The predicted octanol–water partition coefficient (Wildman–Crippen LogP) is 5.84. The zero-order valence-electron chi connectivity index (χ0n) is 15.9. The molecule has 2 rings (SSSR count). The second kappa shape index (κ2) is 10.4. The van der Waals surface area contributed by atoms with Crippen molar-refractivity contribution in [2.75, 3.05) is 13.2 Å². The summed E-state index contributed by atoms with van der Waals surface area (Å²) in [7, 11) is 0. The van der Waals surface area contributed by atoms with Crippen LogP contribution in [0.3, 0.4) is 0 Å². The van der Waals surface area contributed by atoms with Crippen LogP contribution in [-0.2, 0) is 9.47 Å². The highest BCUT2D eigenvalue weighted by Gasteiger charge is 2.39. The van der Waals surface area contributed by atoms with Gasteiger partial charge < -0.3 is 9.47 Å². The Hall–Kier alpha value is -0.590. The predicted molar refractivity (Wildman–Crippen MR) is 97.5 cm³/mol. The van der Waals surface area contributed by atoms with Gasteiger partial charge in [-0.1, -0.05) is 52.4 Å². The molecule has 0 aromatic heterocycles. The number of ether oxygens (including phenoxy) is 2. The van der Waals surface area contributed by atoms with E-state index in [2.05, 4.69) is 19.9 Å². The molecule has 0 radical (unpaired) electrons. The average molecular weight is 336 g/mol. The third kappa shape index (κ3) is 5.74. The van der Waals surface area contributed by atoms with Crippen LogP contribution < -0.4 is 0 Å². The molecule has 1 aliphatic carbocycles. The number of nitriles is 1. The zero-order valence-corrected chi connectivity index (χ0v) is 15.9. The number of hydrogen-bond acceptors (Lipinski definition) is 3. The molecule has 1 heterocycles. The van der Waals surface area contributed by atoms with Crippen LogP contribution in [-0.4, -0.2) is 19.5 Å². The van der Waals surface area contributed by atoms with Gasteiger partial charge in [0.15, 0.2) is 6.29 Å². The van der Waals surface area contributed by atoms with E-state index in [1.165, 1.54) is 38.5 Å². The molecule has 0 atom stereocenters. The normalized spacial score (nSPS) is 34.0. The van der Waals surface area contributed by atoms with Crippen LogP contribution in [0.4, 0.5) is 0 Å². The lowest BCUT2D eigenvalue weighted by molar-refractivity contribution is -0.231. The molecule has 0 spiro atoms. The van der Waals surface area contributed by atoms with Crippen molar-refractivity contribution < 1.29 is 9.47 Å². The first-order chi connectivity index (χ1) is 11.7. The Bertz CT molecular complexity index is 374. The zero-order chi connectivity index (χ0) is 17.3. The Morgan fingerprint density at radius 3 is 2.21 bits per heavy atom. The fourth-order valence-corrected chi connectivity index (χ4v) is 4.39. The molecule has 2 fully saturated rings. The first-order valence-corrected chi connectivity index (χ1v) is 10.4. The van der Waals surface area contributed by atoms with Crippen molar-refractivity contribution in [3.05, 3.63) is 0 Å². The standard InChI is InChI=1S/C21H37NO2/c1-3-5-6-7-8-9-18-15-23-20(24-16-18)19-10-13-21(17-22,12-4-2)14-11-19/h18-20H,3-16H2,1-2H3/t18?,19-,20?,21+. The van der Waals surface area contributed by atoms with Crippen LogP contribution in [0.5, 0.6) is 0 Å². The first-order valence-electron chi connectivity index (χ1n) is 10.4. The van der Waals surface area contributed by atoms with E-state index in [4.69, 9.17) is 9.47 Å². The summed E-state index contributed by atoms with van der Waals surface area (Å²) in [4.78, 5) is 0. The van der Waals surface area contributed by atoms with Crippen molar-refractivity contribution in [2.24, 2.45) is 17.3 Å². The summed E-state index contributed by atoms with van der Waals surface area (Å²) in [6.07, 6.45) is 14.3. The summed E-state index contributed by atoms with van der Waals surface area (Å²) >= 11 is 0. The van der Waals surface area contributed by atoms with Crippen LogP contribution in [0, 0.1) is 28.6 Å². The van der Waals surface area contributed by atoms with Gasteiger partial charge in [-0.15, -0.1) is 0 Å². The molecule has 138 valence electrons. The molecule has 24 heavy (non-hydrogen) atoms. The van der Waals surface area contributed by atoms with Gasteiger partial charge in [-0.05, 0) is 38.5 Å². The van der Waals surface area contributed by atoms with Gasteiger partial charge in [-0.3, -0.25) is 0 Å². The van der Waals surface area contributed by atoms with Gasteiger partial charge in [0.1, 0.15) is 0 Å². The lowest BCUT2D eigenvalue weighted by Gasteiger charge is -2.40. The van der Waals surface area contributed by atoms with E-state index in [1.54, 1.807) is 0 Å². The molecule has 0 bridgehead atoms. The highest BCUT2D eigenvalue weighted by atomic mass is 16.7. The Labute approximate surface area is 149 Å². The van der Waals surface area contributed by atoms with E-state index in [-0.39, 0.29) is 11.7 Å². The molecule has 0 aromatic carbocycles. The van der Waals surface area contributed by atoms with Crippen LogP contribution in [0.25, 0.3) is 0 Å². The van der Waals surface area contributed by atoms with Gasteiger partial charge in [0.05, 0.1) is 24.7 Å². The largest absolute Gasteiger partial charge is 0.352 e. The molecule has 2 aliphatic rings. The van der Waals surface area contributed by atoms with Crippen molar-refractivity contribution >= 4 is 0 Å². The summed E-state index contributed by atoms with van der Waals surface area (Å²) in [5, 5.41) is 9.53. The maximum absolute atomic E-state index is 9.53. The van der Waals surface area contributed by atoms with Crippen molar-refractivity contribution in [3.8, 4) is 6.07 Å². The van der Waals surface area contributed by atoms with E-state index in [1.807, 2.05) is 0 Å². The molecule has 0 amide bonds. The van der Waals surface area contributed by atoms with E-state index in [0.29, 0.717) is 11.8 Å². The van der Waals surface area contributed by atoms with Gasteiger partial charge in [0, 0.05) is 11.8 Å². The first kappa shape index (κ1) is 19.7. The third-order valence-electron chi connectivity index (χ3n) is 6.05. The smallest absolute Gasteiger partial charge is 0.160 e. The lowest BCUT2D eigenvalue weighted by atomic mass is 9.69. The topological polar surface area (TPSA) is 42.2 Å². The number of unbranched alkanes of at least 4 members (excludes halogenated alkanes) is 4. The van der Waals surface area contributed by atoms with Crippen molar-refractivity contribution in [2.45, 2.75) is 97.2 Å². The van der Waals surface area contributed by atoms with Gasteiger partial charge in [0.2, 0.25) is 0 Å². The molecule has 0 N–H and O–H groups in total. The Morgan fingerprint density at radius 2 is 1.62 bits per heavy atom. The summed E-state index contributed by atoms with van der Waals surface area (Å²) in [5.41, 5.74) is -0.0685. The molecule has 0 unspecified atom stereocenters. The quantitative estimate of drug-likeness (QED) is 0.497. The monoisotopic (exact) mass is 335 g/mol. The summed E-state index contributed by atoms with van der Waals surface area (Å²) in [6, 6.07) is 2.60. The summed E-state index contributed by atoms with van der Waals surface area (Å²) in [5.74, 6) is 1.08. The molecule has 1 aliphatic heterocycles. The van der Waals surface area contributed by atoms with Crippen molar-refractivity contribution in [1.29, 1.82) is 5.26 Å². The van der Waals surface area contributed by atoms with Gasteiger partial charge in [-0.25, -0.2) is 0 Å². The van der Waals surface area contributed by atoms with E-state index < -0.39 is 0 Å². The minimum atomic E-state index is -0.0685. The van der Waals surface area contributed by atoms with Gasteiger partial charge in [-0.2, -0.15) is 5.26 Å². The lowest BCUT2D eigenvalue weighted by Crippen LogP contribution is -2.40. The summed E-state index contributed by atoms with van der Waals surface area (Å²) in [6.45, 7) is 6.18. The van der Waals surface area contributed by atoms with Crippen molar-refractivity contribution in [1.82, 2.24) is 0 Å². The molecule has 3 heteroatoms. The highest BCUT2D eigenvalue weighted by Crippen LogP contribution is 2.44. The number of rotatable bonds is 9. The van der Waals surface area contributed by atoms with Crippen LogP contribution in [0.15, 0.2) is 0 Å². The van der Waals surface area contributed by atoms with Gasteiger partial charge >= 0.3 is 0 Å². The number of hydrogen-bond donors (Lipinski definition) is 0. The maximum atomic E-state index is 9.53. The fourth-order valence-electron chi connectivity index (χ4n) is 4.39. The minimum absolute atomic E-state index is 0.0142. The van der Waals surface area contributed by atoms with Crippen LogP contribution in [0.2, 0.25) is 0 Å². The summed E-state index contributed by atoms with van der Waals surface area (Å²) < 4.78 is 12.1. The molecular formula is C21H37NO2. The maximum Gasteiger partial charge on any atom is 0.160 e. The Morgan fingerprint density at radius 1 is 0.958 bits per heavy atom.